The van der Waals surface area contributed by atoms with Gasteiger partial charge in [-0.15, -0.1) is 0 Å². The van der Waals surface area contributed by atoms with Crippen LogP contribution in [-0.4, -0.2) is 42.1 Å². The Labute approximate surface area is 184 Å². The smallest absolute Gasteiger partial charge is 0.411 e. The van der Waals surface area contributed by atoms with Crippen LogP contribution in [0.15, 0.2) is 54.7 Å². The summed E-state index contributed by atoms with van der Waals surface area (Å²) in [6.07, 6.45) is 0.553. The van der Waals surface area contributed by atoms with Crippen molar-refractivity contribution < 1.29 is 24.2 Å². The molecule has 0 fully saturated rings. The molecule has 0 saturated heterocycles. The van der Waals surface area contributed by atoms with E-state index in [0.717, 1.165) is 22.3 Å². The number of amides is 1. The summed E-state index contributed by atoms with van der Waals surface area (Å²) in [6, 6.07) is 17.8. The van der Waals surface area contributed by atoms with Gasteiger partial charge in [0, 0.05) is 25.8 Å². The van der Waals surface area contributed by atoms with Crippen LogP contribution in [0.5, 0.6) is 0 Å². The van der Waals surface area contributed by atoms with E-state index in [0.29, 0.717) is 0 Å². The fraction of sp³-hybridized carbons (Fsp3) is 0.208. The van der Waals surface area contributed by atoms with Gasteiger partial charge in [-0.25, -0.2) is 9.59 Å². The second-order valence-corrected chi connectivity index (χ2v) is 7.32. The lowest BCUT2D eigenvalue weighted by molar-refractivity contribution is 0.0684. The molecule has 4 rings (SSSR count). The van der Waals surface area contributed by atoms with Crippen molar-refractivity contribution in [3.05, 3.63) is 77.1 Å². The first-order valence-electron chi connectivity index (χ1n) is 10.0. The largest absolute Gasteiger partial charge is 0.477 e. The Kier molecular flexibility index (Phi) is 5.92. The van der Waals surface area contributed by atoms with Crippen molar-refractivity contribution in [1.82, 2.24) is 4.57 Å². The van der Waals surface area contributed by atoms with Gasteiger partial charge in [0.15, 0.2) is 5.69 Å². The number of benzene rings is 2. The van der Waals surface area contributed by atoms with Crippen LogP contribution < -0.4 is 5.32 Å². The number of aromatic nitrogens is 1. The van der Waals surface area contributed by atoms with Crippen molar-refractivity contribution in [3.63, 3.8) is 0 Å². The van der Waals surface area contributed by atoms with E-state index in [9.17, 15) is 20.0 Å². The second kappa shape index (κ2) is 8.96. The normalized spacial score (nSPS) is 12.0. The van der Waals surface area contributed by atoms with Gasteiger partial charge in [-0.2, -0.15) is 5.26 Å². The molecule has 1 heterocycles. The maximum absolute atomic E-state index is 12.6. The number of nitrogens with zero attached hydrogens (tertiary/aromatic N) is 2. The average Bonchev–Trinajstić information content (AvgIpc) is 3.31. The topological polar surface area (TPSA) is 114 Å². The minimum atomic E-state index is -1.27. The molecule has 0 unspecified atom stereocenters. The first-order valence-corrected chi connectivity index (χ1v) is 10.0. The van der Waals surface area contributed by atoms with Crippen molar-refractivity contribution in [2.45, 2.75) is 12.5 Å². The molecule has 1 aromatic heterocycles. The van der Waals surface area contributed by atoms with Gasteiger partial charge in [-0.1, -0.05) is 48.5 Å². The molecule has 3 aromatic rings. The van der Waals surface area contributed by atoms with Crippen molar-refractivity contribution in [3.8, 4) is 17.2 Å². The van der Waals surface area contributed by atoms with Gasteiger partial charge in [0.2, 0.25) is 0 Å². The van der Waals surface area contributed by atoms with E-state index in [-0.39, 0.29) is 42.6 Å². The summed E-state index contributed by atoms with van der Waals surface area (Å²) >= 11 is 0. The Morgan fingerprint density at radius 2 is 1.75 bits per heavy atom. The van der Waals surface area contributed by atoms with Gasteiger partial charge in [0.05, 0.1) is 17.9 Å². The van der Waals surface area contributed by atoms with Gasteiger partial charge in [-0.3, -0.25) is 5.32 Å². The molecule has 0 bridgehead atoms. The molecule has 8 nitrogen and oxygen atoms in total. The summed E-state index contributed by atoms with van der Waals surface area (Å²) in [5, 5.41) is 21.5. The number of anilines is 1. The highest BCUT2D eigenvalue weighted by Gasteiger charge is 2.29. The molecule has 2 aromatic carbocycles. The van der Waals surface area contributed by atoms with Crippen LogP contribution in [0.3, 0.4) is 0 Å². The number of carbonyl (C=O) groups excluding carboxylic acids is 1. The molecule has 1 aliphatic rings. The molecule has 2 N–H and O–H groups in total. The monoisotopic (exact) mass is 431 g/mol. The molecule has 1 amide bonds. The van der Waals surface area contributed by atoms with Gasteiger partial charge in [0.1, 0.15) is 12.7 Å². The summed E-state index contributed by atoms with van der Waals surface area (Å²) in [6.45, 7) is 0.554. The highest BCUT2D eigenvalue weighted by Crippen LogP contribution is 2.44. The minimum absolute atomic E-state index is 0.0343. The van der Waals surface area contributed by atoms with E-state index in [4.69, 9.17) is 9.47 Å². The molecule has 1 aliphatic carbocycles. The first-order chi connectivity index (χ1) is 15.5. The van der Waals surface area contributed by atoms with Crippen molar-refractivity contribution >= 4 is 17.7 Å². The SMILES string of the molecule is COCCn1cc(C#N)c(NC(=O)OCC2c3ccccc3-c3ccccc32)c1C(=O)O. The summed E-state index contributed by atoms with van der Waals surface area (Å²) in [7, 11) is 1.49. The number of carboxylic acids is 1. The fourth-order valence-corrected chi connectivity index (χ4v) is 4.10. The quantitative estimate of drug-likeness (QED) is 0.583. The lowest BCUT2D eigenvalue weighted by atomic mass is 9.98. The van der Waals surface area contributed by atoms with Crippen LogP contribution in [0, 0.1) is 11.3 Å². The van der Waals surface area contributed by atoms with Gasteiger partial charge < -0.3 is 19.1 Å². The van der Waals surface area contributed by atoms with E-state index >= 15 is 0 Å². The number of hydrogen-bond acceptors (Lipinski definition) is 5. The van der Waals surface area contributed by atoms with Crippen LogP contribution in [0.1, 0.15) is 33.1 Å². The lowest BCUT2D eigenvalue weighted by Gasteiger charge is -2.15. The number of nitrogens with one attached hydrogen (secondary N) is 1. The van der Waals surface area contributed by atoms with Gasteiger partial charge in [0.25, 0.3) is 0 Å². The maximum atomic E-state index is 12.6. The zero-order valence-corrected chi connectivity index (χ0v) is 17.4. The molecule has 162 valence electrons. The number of hydrogen-bond donors (Lipinski definition) is 2. The van der Waals surface area contributed by atoms with E-state index in [2.05, 4.69) is 5.32 Å². The van der Waals surface area contributed by atoms with Crippen LogP contribution >= 0.6 is 0 Å². The first kappa shape index (κ1) is 21.2. The van der Waals surface area contributed by atoms with E-state index in [1.807, 2.05) is 54.6 Å². The molecule has 0 aliphatic heterocycles. The predicted molar refractivity (Wildman–Crippen MR) is 117 cm³/mol. The third-order valence-electron chi connectivity index (χ3n) is 5.51. The summed E-state index contributed by atoms with van der Waals surface area (Å²) in [5.74, 6) is -1.40. The zero-order valence-electron chi connectivity index (χ0n) is 17.4. The van der Waals surface area contributed by atoms with Crippen molar-refractivity contribution in [2.75, 3.05) is 25.6 Å². The molecular weight excluding hydrogens is 410 g/mol. The molecule has 0 radical (unpaired) electrons. The third kappa shape index (κ3) is 3.82. The van der Waals surface area contributed by atoms with Gasteiger partial charge in [-0.05, 0) is 22.3 Å². The molecule has 0 atom stereocenters. The number of ether oxygens (including phenoxy) is 2. The van der Waals surface area contributed by atoms with Crippen molar-refractivity contribution in [2.24, 2.45) is 0 Å². The lowest BCUT2D eigenvalue weighted by Crippen LogP contribution is -2.20. The standard InChI is InChI=1S/C24H21N3O5/c1-31-11-10-27-13-15(12-25)21(22(27)23(28)29)26-24(30)32-14-20-18-8-4-2-6-16(18)17-7-3-5-9-19(17)20/h2-9,13,20H,10-11,14H2,1H3,(H,26,30)(H,28,29). The number of methoxy groups -OCH3 is 1. The summed E-state index contributed by atoms with van der Waals surface area (Å²) in [4.78, 5) is 24.4. The molecule has 0 spiro atoms. The number of rotatable bonds is 7. The predicted octanol–water partition coefficient (Wildman–Crippen LogP) is 4.07. The Hall–Kier alpha value is -4.09. The number of carboxylic acid groups (broad SMARTS) is 1. The Morgan fingerprint density at radius 1 is 1.12 bits per heavy atom. The highest BCUT2D eigenvalue weighted by atomic mass is 16.5. The number of carbonyl (C=O) groups is 2. The molecular formula is C24H21N3O5. The Bertz CT molecular complexity index is 1180. The third-order valence-corrected chi connectivity index (χ3v) is 5.51. The minimum Gasteiger partial charge on any atom is -0.477 e. The number of fused-ring (bicyclic) bond motifs is 3. The number of nitriles is 1. The van der Waals surface area contributed by atoms with Crippen LogP contribution in [-0.2, 0) is 16.0 Å². The Morgan fingerprint density at radius 3 is 2.31 bits per heavy atom. The van der Waals surface area contributed by atoms with Crippen LogP contribution in [0.4, 0.5) is 10.5 Å². The molecule has 8 heteroatoms. The molecule has 0 saturated carbocycles. The Balaban J connectivity index is 1.54. The summed E-state index contributed by atoms with van der Waals surface area (Å²) < 4.78 is 11.8. The molecule has 32 heavy (non-hydrogen) atoms. The maximum Gasteiger partial charge on any atom is 0.411 e. The van der Waals surface area contributed by atoms with Crippen molar-refractivity contribution in [1.29, 1.82) is 5.26 Å². The van der Waals surface area contributed by atoms with Crippen LogP contribution in [0.25, 0.3) is 11.1 Å². The zero-order chi connectivity index (χ0) is 22.7. The van der Waals surface area contributed by atoms with Gasteiger partial charge >= 0.3 is 12.1 Å². The second-order valence-electron chi connectivity index (χ2n) is 7.32. The van der Waals surface area contributed by atoms with E-state index in [1.165, 1.54) is 17.9 Å². The average molecular weight is 431 g/mol. The van der Waals surface area contributed by atoms with E-state index in [1.54, 1.807) is 0 Å². The fourth-order valence-electron chi connectivity index (χ4n) is 4.10. The summed E-state index contributed by atoms with van der Waals surface area (Å²) in [5.41, 5.74) is 4.08. The van der Waals surface area contributed by atoms with E-state index < -0.39 is 12.1 Å². The highest BCUT2D eigenvalue weighted by molar-refractivity contribution is 5.99. The number of aromatic carboxylic acids is 1. The van der Waals surface area contributed by atoms with Crippen LogP contribution in [0.2, 0.25) is 0 Å².